The molecule has 0 unspecified atom stereocenters. The minimum Gasteiger partial charge on any atom is -0.379 e. The second-order valence-corrected chi connectivity index (χ2v) is 17.7. The summed E-state index contributed by atoms with van der Waals surface area (Å²) in [5, 5.41) is 9.47. The summed E-state index contributed by atoms with van der Waals surface area (Å²) in [6.45, 7) is 21.1. The van der Waals surface area contributed by atoms with Gasteiger partial charge in [-0.2, -0.15) is 0 Å². The molecule has 9 atom stereocenters. The third kappa shape index (κ3) is 13.4. The molecule has 4 amide bonds. The Balaban J connectivity index is 1.81. The molecule has 0 aromatic heterocycles. The fourth-order valence-electron chi connectivity index (χ4n) is 8.86. The zero-order valence-corrected chi connectivity index (χ0v) is 38.8. The van der Waals surface area contributed by atoms with Gasteiger partial charge in [0.2, 0.25) is 23.6 Å². The van der Waals surface area contributed by atoms with Crippen molar-refractivity contribution in [3.63, 3.8) is 0 Å². The topological polar surface area (TPSA) is 133 Å². The van der Waals surface area contributed by atoms with Crippen molar-refractivity contribution in [1.82, 2.24) is 25.3 Å². The Morgan fingerprint density at radius 3 is 2.03 bits per heavy atom. The number of hydrogen-bond donors (Lipinski definition) is 3. The van der Waals surface area contributed by atoms with Crippen LogP contribution in [0.5, 0.6) is 0 Å². The molecule has 1 saturated heterocycles. The summed E-state index contributed by atoms with van der Waals surface area (Å²) in [6, 6.07) is 15.0. The third-order valence-corrected chi connectivity index (χ3v) is 12.3. The highest BCUT2D eigenvalue weighted by atomic mass is 16.5. The van der Waals surface area contributed by atoms with Gasteiger partial charge in [-0.15, -0.1) is 0 Å². The van der Waals surface area contributed by atoms with Crippen molar-refractivity contribution in [2.75, 3.05) is 47.2 Å². The van der Waals surface area contributed by atoms with E-state index in [1.165, 1.54) is 0 Å². The first-order chi connectivity index (χ1) is 28.4. The molecule has 0 saturated carbocycles. The maximum absolute atomic E-state index is 14.4. The maximum Gasteiger partial charge on any atom is 0.247 e. The summed E-state index contributed by atoms with van der Waals surface area (Å²) >= 11 is 0. The molecule has 12 nitrogen and oxygen atoms in total. The van der Waals surface area contributed by atoms with Gasteiger partial charge in [-0.25, -0.2) is 0 Å². The highest BCUT2D eigenvalue weighted by Gasteiger charge is 2.43. The second-order valence-electron chi connectivity index (χ2n) is 17.7. The Labute approximate surface area is 361 Å². The smallest absolute Gasteiger partial charge is 0.247 e. The van der Waals surface area contributed by atoms with Crippen molar-refractivity contribution in [3.8, 4) is 0 Å². The average molecular weight is 833 g/mol. The first kappa shape index (κ1) is 50.1. The van der Waals surface area contributed by atoms with Crippen molar-refractivity contribution in [2.45, 2.75) is 130 Å². The predicted molar refractivity (Wildman–Crippen MR) is 241 cm³/mol. The van der Waals surface area contributed by atoms with Gasteiger partial charge in [0.25, 0.3) is 0 Å². The summed E-state index contributed by atoms with van der Waals surface area (Å²) in [7, 11) is 9.01. The molecule has 334 valence electrons. The number of nitrogens with one attached hydrogen (secondary N) is 3. The van der Waals surface area contributed by atoms with Gasteiger partial charge < -0.3 is 40.1 Å². The fraction of sp³-hybridized carbons (Fsp3) is 0.625. The van der Waals surface area contributed by atoms with Crippen LogP contribution in [-0.4, -0.2) is 123 Å². The Kier molecular flexibility index (Phi) is 19.8. The summed E-state index contributed by atoms with van der Waals surface area (Å²) in [5.41, 5.74) is 3.42. The summed E-state index contributed by atoms with van der Waals surface area (Å²) < 4.78 is 12.2. The molecule has 3 rings (SSSR count). The zero-order valence-electron chi connectivity index (χ0n) is 38.8. The number of nitrogens with zero attached hydrogens (tertiary/aromatic N) is 3. The van der Waals surface area contributed by atoms with Crippen LogP contribution in [0.1, 0.15) is 85.3 Å². The van der Waals surface area contributed by atoms with Crippen LogP contribution in [-0.2, 0) is 35.1 Å². The lowest BCUT2D eigenvalue weighted by atomic mass is 9.89. The van der Waals surface area contributed by atoms with Crippen LogP contribution in [0, 0.1) is 30.6 Å². The fourth-order valence-corrected chi connectivity index (χ4v) is 8.86. The molecular formula is C48H76N6O6. The molecule has 1 fully saturated rings. The lowest BCUT2D eigenvalue weighted by Crippen LogP contribution is -2.58. The van der Waals surface area contributed by atoms with Gasteiger partial charge in [-0.3, -0.25) is 19.2 Å². The molecule has 60 heavy (non-hydrogen) atoms. The Morgan fingerprint density at radius 1 is 0.867 bits per heavy atom. The van der Waals surface area contributed by atoms with Crippen LogP contribution in [0.15, 0.2) is 66.9 Å². The van der Waals surface area contributed by atoms with E-state index in [2.05, 4.69) is 55.1 Å². The van der Waals surface area contributed by atoms with E-state index in [4.69, 9.17) is 9.47 Å². The minimum absolute atomic E-state index is 0.0229. The number of rotatable bonds is 23. The van der Waals surface area contributed by atoms with Crippen LogP contribution in [0.2, 0.25) is 0 Å². The largest absolute Gasteiger partial charge is 0.379 e. The number of likely N-dealkylation sites (tertiary alicyclic amines) is 1. The van der Waals surface area contributed by atoms with Gasteiger partial charge in [-0.1, -0.05) is 109 Å². The summed E-state index contributed by atoms with van der Waals surface area (Å²) in [5.74, 6) is -1.27. The Bertz CT molecular complexity index is 1680. The van der Waals surface area contributed by atoms with Gasteiger partial charge in [-0.05, 0) is 69.3 Å². The van der Waals surface area contributed by atoms with Gasteiger partial charge in [0.1, 0.15) is 12.1 Å². The summed E-state index contributed by atoms with van der Waals surface area (Å²) in [6.07, 6.45) is 1.32. The standard InChI is InChI=1S/C48H76N6O6/c1-15-33(7)44(53(12)48(58)42(30(2)3)49-35(9)43(31(4)5)52(10)11)40(59-13)29-41(55)54-27-19-22-39(54)45(60-14)34(8)46(56)51-38(28-36-20-17-16-18-21-36)47(57)50-37-25-23-32(6)24-26-37/h16-18,20-21,23-26,30-31,33-34,38-40,42-45,49H,9,15,19,22,27-29H2,1-8,10-14H3,(H,50,57)(H,51,56)/t33-,34+,38-,39-,40+,42-,43-,44-,45+/m0/s1. The number of carbonyl (C=O) groups excluding carboxylic acids is 4. The number of benzene rings is 2. The first-order valence-electron chi connectivity index (χ1n) is 21.8. The van der Waals surface area contributed by atoms with Crippen LogP contribution >= 0.6 is 0 Å². The predicted octanol–water partition coefficient (Wildman–Crippen LogP) is 6.30. The van der Waals surface area contributed by atoms with Crippen LogP contribution in [0.4, 0.5) is 5.69 Å². The molecule has 3 N–H and O–H groups in total. The highest BCUT2D eigenvalue weighted by Crippen LogP contribution is 2.30. The number of methoxy groups -OCH3 is 2. The minimum atomic E-state index is -0.852. The van der Waals surface area contributed by atoms with Gasteiger partial charge in [0, 0.05) is 45.6 Å². The first-order valence-corrected chi connectivity index (χ1v) is 21.8. The summed E-state index contributed by atoms with van der Waals surface area (Å²) in [4.78, 5) is 62.3. The molecule has 0 aliphatic carbocycles. The lowest BCUT2D eigenvalue weighted by Gasteiger charge is -2.41. The lowest BCUT2D eigenvalue weighted by molar-refractivity contribution is -0.147. The Morgan fingerprint density at radius 2 is 1.50 bits per heavy atom. The highest BCUT2D eigenvalue weighted by molar-refractivity contribution is 5.97. The van der Waals surface area contributed by atoms with E-state index in [0.29, 0.717) is 25.1 Å². The van der Waals surface area contributed by atoms with E-state index in [1.807, 2.05) is 101 Å². The van der Waals surface area contributed by atoms with E-state index in [9.17, 15) is 19.2 Å². The maximum atomic E-state index is 14.4. The molecule has 1 aliphatic heterocycles. The Hall–Kier alpha value is -4.26. The van der Waals surface area contributed by atoms with Gasteiger partial charge in [0.15, 0.2) is 0 Å². The molecule has 2 aromatic carbocycles. The van der Waals surface area contributed by atoms with E-state index in [0.717, 1.165) is 29.7 Å². The van der Waals surface area contributed by atoms with Crippen molar-refractivity contribution in [2.24, 2.45) is 23.7 Å². The van der Waals surface area contributed by atoms with E-state index < -0.39 is 30.2 Å². The number of likely N-dealkylation sites (N-methyl/N-ethyl adjacent to an activating group) is 2. The number of carbonyl (C=O) groups is 4. The molecule has 0 bridgehead atoms. The number of hydrogen-bond acceptors (Lipinski definition) is 8. The van der Waals surface area contributed by atoms with Crippen molar-refractivity contribution >= 4 is 29.3 Å². The molecule has 1 aliphatic rings. The van der Waals surface area contributed by atoms with E-state index in [1.54, 1.807) is 26.0 Å². The average Bonchev–Trinajstić information content (AvgIpc) is 3.69. The molecular weight excluding hydrogens is 757 g/mol. The van der Waals surface area contributed by atoms with Crippen molar-refractivity contribution < 1.29 is 28.7 Å². The molecule has 1 heterocycles. The van der Waals surface area contributed by atoms with Crippen LogP contribution in [0.3, 0.4) is 0 Å². The van der Waals surface area contributed by atoms with Crippen molar-refractivity contribution in [3.05, 3.63) is 78.0 Å². The van der Waals surface area contributed by atoms with Crippen molar-refractivity contribution in [1.29, 1.82) is 0 Å². The SMILES string of the molecule is C=C(N[C@H](C(=O)N(C)[C@@H]([C@@H](C)CC)[C@@H](CC(=O)N1CCC[C@H]1[C@H](OC)[C@@H](C)C(=O)N[C@@H](Cc1ccccc1)C(=O)Nc1ccc(C)cc1)OC)C(C)C)[C@H](C(C)C)N(C)C. The van der Waals surface area contributed by atoms with Gasteiger partial charge in [0.05, 0.1) is 42.7 Å². The monoisotopic (exact) mass is 833 g/mol. The molecule has 2 aromatic rings. The second kappa shape index (κ2) is 23.7. The molecule has 12 heteroatoms. The van der Waals surface area contributed by atoms with Crippen LogP contribution < -0.4 is 16.0 Å². The molecule has 0 spiro atoms. The normalized spacial score (nSPS) is 18.3. The number of ether oxygens (including phenoxy) is 2. The van der Waals surface area contributed by atoms with Gasteiger partial charge >= 0.3 is 0 Å². The number of anilines is 1. The third-order valence-electron chi connectivity index (χ3n) is 12.3. The molecule has 0 radical (unpaired) electrons. The quantitative estimate of drug-likeness (QED) is 0.119. The zero-order chi connectivity index (χ0) is 44.8. The van der Waals surface area contributed by atoms with E-state index in [-0.39, 0.29) is 65.9 Å². The van der Waals surface area contributed by atoms with E-state index >= 15 is 0 Å². The number of amides is 4. The number of aryl methyl sites for hydroxylation is 1. The van der Waals surface area contributed by atoms with Crippen LogP contribution in [0.25, 0.3) is 0 Å².